The summed E-state index contributed by atoms with van der Waals surface area (Å²) >= 11 is 0. The second kappa shape index (κ2) is 7.40. The fourth-order valence-electron chi connectivity index (χ4n) is 8.38. The lowest BCUT2D eigenvalue weighted by Gasteiger charge is -2.60. The predicted molar refractivity (Wildman–Crippen MR) is 126 cm³/mol. The van der Waals surface area contributed by atoms with Crippen molar-refractivity contribution in [2.24, 2.45) is 34.5 Å². The molecule has 0 saturated heterocycles. The minimum atomic E-state index is -0.270. The van der Waals surface area contributed by atoms with Crippen LogP contribution in [0.3, 0.4) is 0 Å². The van der Waals surface area contributed by atoms with Crippen molar-refractivity contribution in [3.05, 3.63) is 35.4 Å². The van der Waals surface area contributed by atoms with Crippen molar-refractivity contribution in [3.63, 3.8) is 0 Å². The SMILES string of the molecule is CN(C)c1ccc(/C=C2\CC3C4CCC5CCCC[C@@]5(C)C4CC[C@@]3(C)C2O)cc1. The number of benzene rings is 1. The molecule has 4 saturated carbocycles. The molecule has 4 aliphatic carbocycles. The molecule has 1 N–H and O–H groups in total. The van der Waals surface area contributed by atoms with Crippen LogP contribution in [0.25, 0.3) is 6.08 Å². The van der Waals surface area contributed by atoms with E-state index in [1.165, 1.54) is 68.2 Å². The first-order valence-corrected chi connectivity index (χ1v) is 12.5. The highest BCUT2D eigenvalue weighted by Gasteiger charge is 2.60. The van der Waals surface area contributed by atoms with Crippen molar-refractivity contribution < 1.29 is 5.11 Å². The van der Waals surface area contributed by atoms with Gasteiger partial charge in [-0.3, -0.25) is 0 Å². The molecule has 0 amide bonds. The Hall–Kier alpha value is -1.28. The van der Waals surface area contributed by atoms with Crippen LogP contribution in [0.1, 0.15) is 77.2 Å². The molecule has 5 rings (SSSR count). The number of aliphatic hydroxyl groups is 1. The van der Waals surface area contributed by atoms with Crippen molar-refractivity contribution in [3.8, 4) is 0 Å². The zero-order valence-corrected chi connectivity index (χ0v) is 19.5. The minimum Gasteiger partial charge on any atom is -0.388 e. The first-order valence-electron chi connectivity index (χ1n) is 12.5. The van der Waals surface area contributed by atoms with Crippen LogP contribution in [0.2, 0.25) is 0 Å². The first-order chi connectivity index (χ1) is 14.3. The third kappa shape index (κ3) is 3.08. The van der Waals surface area contributed by atoms with Crippen LogP contribution in [0.15, 0.2) is 29.8 Å². The van der Waals surface area contributed by atoms with Crippen LogP contribution in [-0.2, 0) is 0 Å². The van der Waals surface area contributed by atoms with Gasteiger partial charge in [-0.25, -0.2) is 0 Å². The van der Waals surface area contributed by atoms with Crippen LogP contribution in [-0.4, -0.2) is 25.3 Å². The second-order valence-corrected chi connectivity index (χ2v) is 11.8. The summed E-state index contributed by atoms with van der Waals surface area (Å²) in [7, 11) is 4.16. The van der Waals surface area contributed by atoms with E-state index in [1.807, 2.05) is 0 Å². The smallest absolute Gasteiger partial charge is 0.0809 e. The standard InChI is InChI=1S/C28H41NO/c1-27-15-6-5-7-21(27)10-13-23-24(27)14-16-28(2)25(23)18-20(26(28)30)17-19-8-11-22(12-9-19)29(3)4/h8-9,11-12,17,21,23-26,30H,5-7,10,13-16,18H2,1-4H3/b20-17+/t21?,23?,24?,25?,26?,27-,28-/m1/s1. The van der Waals surface area contributed by atoms with E-state index in [2.05, 4.69) is 63.2 Å². The molecule has 7 atom stereocenters. The molecule has 5 unspecified atom stereocenters. The van der Waals surface area contributed by atoms with Crippen LogP contribution < -0.4 is 4.90 Å². The van der Waals surface area contributed by atoms with Crippen LogP contribution >= 0.6 is 0 Å². The molecule has 1 aromatic rings. The number of nitrogens with zero attached hydrogens (tertiary/aromatic N) is 1. The van der Waals surface area contributed by atoms with Crippen molar-refractivity contribution in [2.75, 3.05) is 19.0 Å². The molecule has 30 heavy (non-hydrogen) atoms. The van der Waals surface area contributed by atoms with E-state index in [-0.39, 0.29) is 11.5 Å². The van der Waals surface area contributed by atoms with E-state index in [0.29, 0.717) is 11.3 Å². The summed E-state index contributed by atoms with van der Waals surface area (Å²) in [6.45, 7) is 5.05. The van der Waals surface area contributed by atoms with Crippen molar-refractivity contribution in [1.82, 2.24) is 0 Å². The van der Waals surface area contributed by atoms with Gasteiger partial charge < -0.3 is 10.0 Å². The zero-order valence-electron chi connectivity index (χ0n) is 19.5. The van der Waals surface area contributed by atoms with Gasteiger partial charge in [0.15, 0.2) is 0 Å². The van der Waals surface area contributed by atoms with Crippen molar-refractivity contribution >= 4 is 11.8 Å². The fourth-order valence-corrected chi connectivity index (χ4v) is 8.38. The highest BCUT2D eigenvalue weighted by molar-refractivity contribution is 5.59. The van der Waals surface area contributed by atoms with Gasteiger partial charge >= 0.3 is 0 Å². The van der Waals surface area contributed by atoms with E-state index in [1.54, 1.807) is 0 Å². The molecule has 0 heterocycles. The molecule has 0 aromatic heterocycles. The molecule has 4 fully saturated rings. The molecule has 1 aromatic carbocycles. The van der Waals surface area contributed by atoms with E-state index in [4.69, 9.17) is 0 Å². The Morgan fingerprint density at radius 1 is 0.900 bits per heavy atom. The number of hydrogen-bond donors (Lipinski definition) is 1. The lowest BCUT2D eigenvalue weighted by atomic mass is 9.45. The summed E-state index contributed by atoms with van der Waals surface area (Å²) < 4.78 is 0. The zero-order chi connectivity index (χ0) is 21.1. The quantitative estimate of drug-likeness (QED) is 0.602. The van der Waals surface area contributed by atoms with Crippen LogP contribution in [0.4, 0.5) is 5.69 Å². The Bertz CT molecular complexity index is 810. The Morgan fingerprint density at radius 3 is 2.40 bits per heavy atom. The van der Waals surface area contributed by atoms with Gasteiger partial charge in [0.2, 0.25) is 0 Å². The predicted octanol–water partition coefficient (Wildman–Crippen LogP) is 6.54. The maximum absolute atomic E-state index is 11.5. The topological polar surface area (TPSA) is 23.5 Å². The normalized spacial score (nSPS) is 44.3. The van der Waals surface area contributed by atoms with Gasteiger partial charge in [-0.1, -0.05) is 44.9 Å². The van der Waals surface area contributed by atoms with Gasteiger partial charge in [-0.2, -0.15) is 0 Å². The number of anilines is 1. The van der Waals surface area contributed by atoms with Gasteiger partial charge in [0.25, 0.3) is 0 Å². The number of fused-ring (bicyclic) bond motifs is 5. The molecular weight excluding hydrogens is 366 g/mol. The summed E-state index contributed by atoms with van der Waals surface area (Å²) in [5.41, 5.74) is 4.40. The molecule has 4 aliphatic rings. The minimum absolute atomic E-state index is 0.0778. The molecule has 0 radical (unpaired) electrons. The Labute approximate surface area is 183 Å². The molecular formula is C28H41NO. The molecule has 0 aliphatic heterocycles. The van der Waals surface area contributed by atoms with Crippen LogP contribution in [0, 0.1) is 34.5 Å². The molecule has 2 nitrogen and oxygen atoms in total. The number of aliphatic hydroxyl groups excluding tert-OH is 1. The average molecular weight is 408 g/mol. The summed E-state index contributed by atoms with van der Waals surface area (Å²) in [5.74, 6) is 3.34. The van der Waals surface area contributed by atoms with E-state index < -0.39 is 0 Å². The number of hydrogen-bond acceptors (Lipinski definition) is 2. The Kier molecular flexibility index (Phi) is 5.08. The fraction of sp³-hybridized carbons (Fsp3) is 0.714. The van der Waals surface area contributed by atoms with Gasteiger partial charge in [0, 0.05) is 25.2 Å². The van der Waals surface area contributed by atoms with Gasteiger partial charge in [0.05, 0.1) is 6.10 Å². The first kappa shape index (κ1) is 20.6. The summed E-state index contributed by atoms with van der Waals surface area (Å²) in [4.78, 5) is 2.14. The van der Waals surface area contributed by atoms with E-state index >= 15 is 0 Å². The molecule has 0 spiro atoms. The molecule has 164 valence electrons. The van der Waals surface area contributed by atoms with E-state index in [0.717, 1.165) is 24.2 Å². The van der Waals surface area contributed by atoms with Gasteiger partial charge in [0.1, 0.15) is 0 Å². The Morgan fingerprint density at radius 2 is 1.67 bits per heavy atom. The lowest BCUT2D eigenvalue weighted by Crippen LogP contribution is -2.53. The third-order valence-electron chi connectivity index (χ3n) is 10.2. The Balaban J connectivity index is 1.41. The summed E-state index contributed by atoms with van der Waals surface area (Å²) in [5, 5.41) is 11.5. The third-order valence-corrected chi connectivity index (χ3v) is 10.2. The lowest BCUT2D eigenvalue weighted by molar-refractivity contribution is -0.119. The molecule has 0 bridgehead atoms. The van der Waals surface area contributed by atoms with E-state index in [9.17, 15) is 5.11 Å². The van der Waals surface area contributed by atoms with Gasteiger partial charge in [-0.05, 0) is 97.3 Å². The average Bonchev–Trinajstić information content (AvgIpc) is 2.98. The second-order valence-electron chi connectivity index (χ2n) is 11.8. The highest BCUT2D eigenvalue weighted by atomic mass is 16.3. The largest absolute Gasteiger partial charge is 0.388 e. The van der Waals surface area contributed by atoms with Gasteiger partial charge in [-0.15, -0.1) is 0 Å². The number of rotatable bonds is 2. The monoisotopic (exact) mass is 407 g/mol. The van der Waals surface area contributed by atoms with Crippen LogP contribution in [0.5, 0.6) is 0 Å². The maximum atomic E-state index is 11.5. The maximum Gasteiger partial charge on any atom is 0.0809 e. The highest BCUT2D eigenvalue weighted by Crippen LogP contribution is 2.67. The van der Waals surface area contributed by atoms with Crippen molar-refractivity contribution in [2.45, 2.75) is 77.7 Å². The van der Waals surface area contributed by atoms with Crippen molar-refractivity contribution in [1.29, 1.82) is 0 Å². The summed E-state index contributed by atoms with van der Waals surface area (Å²) in [6, 6.07) is 8.78. The summed E-state index contributed by atoms with van der Waals surface area (Å²) in [6.07, 6.45) is 14.3. The molecule has 2 heteroatoms.